The van der Waals surface area contributed by atoms with Gasteiger partial charge in [0.1, 0.15) is 0 Å². The topological polar surface area (TPSA) is 51.2 Å². The van der Waals surface area contributed by atoms with Crippen LogP contribution in [0.5, 0.6) is 0 Å². The van der Waals surface area contributed by atoms with E-state index in [2.05, 4.69) is 26.2 Å². The molecule has 0 aliphatic carbocycles. The average molecular weight is 410 g/mol. The number of nitrogens with one attached hydrogen (secondary N) is 1. The van der Waals surface area contributed by atoms with Crippen LogP contribution in [0.1, 0.15) is 12.6 Å². The Morgan fingerprint density at radius 2 is 2.19 bits per heavy atom. The molecule has 0 atom stereocenters. The number of carbonyl (C=O) groups is 1. The Balaban J connectivity index is 2.09. The fourth-order valence-corrected chi connectivity index (χ4v) is 3.09. The van der Waals surface area contributed by atoms with E-state index < -0.39 is 0 Å². The fraction of sp³-hybridized carbons (Fsp3) is 0.231. The number of aromatic nitrogens is 1. The van der Waals surface area contributed by atoms with Crippen molar-refractivity contribution in [2.24, 2.45) is 0 Å². The van der Waals surface area contributed by atoms with Crippen LogP contribution in [0.3, 0.4) is 0 Å². The molecule has 0 spiro atoms. The number of hydrogen-bond donors (Lipinski definition) is 1. The SMILES string of the molecule is CCOC(=O)Cc1csc(Nc2ccc(Br)c(Cl)c2Cl)n1. The maximum atomic E-state index is 11.4. The van der Waals surface area contributed by atoms with Gasteiger partial charge in [-0.25, -0.2) is 4.98 Å². The second kappa shape index (κ2) is 7.45. The largest absolute Gasteiger partial charge is 0.466 e. The molecule has 1 aromatic heterocycles. The molecule has 0 fully saturated rings. The lowest BCUT2D eigenvalue weighted by molar-refractivity contribution is -0.142. The second-order valence-electron chi connectivity index (χ2n) is 3.97. The third-order valence-electron chi connectivity index (χ3n) is 2.46. The van der Waals surface area contributed by atoms with Crippen LogP contribution in [-0.4, -0.2) is 17.6 Å². The highest BCUT2D eigenvalue weighted by atomic mass is 79.9. The summed E-state index contributed by atoms with van der Waals surface area (Å²) < 4.78 is 5.61. The highest BCUT2D eigenvalue weighted by molar-refractivity contribution is 9.10. The molecule has 1 N–H and O–H groups in total. The van der Waals surface area contributed by atoms with Crippen molar-refractivity contribution < 1.29 is 9.53 Å². The van der Waals surface area contributed by atoms with Crippen molar-refractivity contribution in [2.45, 2.75) is 13.3 Å². The maximum Gasteiger partial charge on any atom is 0.311 e. The van der Waals surface area contributed by atoms with Crippen molar-refractivity contribution >= 4 is 67.3 Å². The van der Waals surface area contributed by atoms with E-state index in [0.29, 0.717) is 33.2 Å². The number of hydrogen-bond acceptors (Lipinski definition) is 5. The molecule has 8 heteroatoms. The van der Waals surface area contributed by atoms with Gasteiger partial charge in [-0.3, -0.25) is 4.79 Å². The molecule has 1 aromatic carbocycles. The number of halogens is 3. The van der Waals surface area contributed by atoms with Gasteiger partial charge in [0, 0.05) is 9.85 Å². The first kappa shape index (κ1) is 16.5. The molecule has 0 radical (unpaired) electrons. The summed E-state index contributed by atoms with van der Waals surface area (Å²) in [7, 11) is 0. The normalized spacial score (nSPS) is 10.5. The van der Waals surface area contributed by atoms with E-state index in [1.54, 1.807) is 24.4 Å². The third kappa shape index (κ3) is 4.32. The molecule has 2 rings (SSSR count). The zero-order valence-corrected chi connectivity index (χ0v) is 14.9. The highest BCUT2D eigenvalue weighted by Crippen LogP contribution is 2.37. The quantitative estimate of drug-likeness (QED) is 0.553. The second-order valence-corrected chi connectivity index (χ2v) is 6.44. The van der Waals surface area contributed by atoms with Crippen LogP contribution in [0.25, 0.3) is 0 Å². The van der Waals surface area contributed by atoms with Crippen LogP contribution in [0.15, 0.2) is 22.0 Å². The van der Waals surface area contributed by atoms with Crippen molar-refractivity contribution in [3.8, 4) is 0 Å². The van der Waals surface area contributed by atoms with Gasteiger partial charge in [0.05, 0.1) is 34.5 Å². The molecule has 112 valence electrons. The number of benzene rings is 1. The van der Waals surface area contributed by atoms with Gasteiger partial charge >= 0.3 is 5.97 Å². The highest BCUT2D eigenvalue weighted by Gasteiger charge is 2.12. The Labute approximate surface area is 144 Å². The Bertz CT molecular complexity index is 664. The molecule has 0 unspecified atom stereocenters. The number of esters is 1. The lowest BCUT2D eigenvalue weighted by atomic mass is 10.3. The number of rotatable bonds is 5. The zero-order chi connectivity index (χ0) is 15.4. The van der Waals surface area contributed by atoms with Crippen LogP contribution in [-0.2, 0) is 16.0 Å². The first-order valence-corrected chi connectivity index (χ1v) is 8.44. The monoisotopic (exact) mass is 408 g/mol. The summed E-state index contributed by atoms with van der Waals surface area (Å²) in [5.41, 5.74) is 1.31. The van der Waals surface area contributed by atoms with Gasteiger partial charge in [0.15, 0.2) is 5.13 Å². The van der Waals surface area contributed by atoms with Crippen molar-refractivity contribution in [2.75, 3.05) is 11.9 Å². The van der Waals surface area contributed by atoms with E-state index in [1.807, 2.05) is 0 Å². The van der Waals surface area contributed by atoms with Gasteiger partial charge in [-0.05, 0) is 35.0 Å². The number of ether oxygens (including phenoxy) is 1. The summed E-state index contributed by atoms with van der Waals surface area (Å²) in [6, 6.07) is 3.59. The lowest BCUT2D eigenvalue weighted by Crippen LogP contribution is -2.07. The smallest absolute Gasteiger partial charge is 0.311 e. The van der Waals surface area contributed by atoms with Crippen LogP contribution < -0.4 is 5.32 Å². The fourth-order valence-electron chi connectivity index (χ4n) is 1.54. The minimum Gasteiger partial charge on any atom is -0.466 e. The molecule has 0 aliphatic rings. The van der Waals surface area contributed by atoms with E-state index in [4.69, 9.17) is 27.9 Å². The zero-order valence-electron chi connectivity index (χ0n) is 11.0. The average Bonchev–Trinajstić information content (AvgIpc) is 2.87. The summed E-state index contributed by atoms with van der Waals surface area (Å²) in [6.07, 6.45) is 0.154. The Morgan fingerprint density at radius 3 is 2.90 bits per heavy atom. The van der Waals surface area contributed by atoms with Crippen molar-refractivity contribution in [1.29, 1.82) is 0 Å². The summed E-state index contributed by atoms with van der Waals surface area (Å²) in [6.45, 7) is 2.13. The van der Waals surface area contributed by atoms with Gasteiger partial charge in [-0.15, -0.1) is 11.3 Å². The van der Waals surface area contributed by atoms with Gasteiger partial charge in [0.2, 0.25) is 0 Å². The standard InChI is InChI=1S/C13H11BrCl2N2O2S/c1-2-20-10(19)5-7-6-21-13(17-7)18-9-4-3-8(14)11(15)12(9)16/h3-4,6H,2,5H2,1H3,(H,17,18). The van der Waals surface area contributed by atoms with Gasteiger partial charge in [-0.2, -0.15) is 0 Å². The molecule has 1 heterocycles. The van der Waals surface area contributed by atoms with Crippen molar-refractivity contribution in [3.05, 3.63) is 37.7 Å². The molecular weight excluding hydrogens is 399 g/mol. The summed E-state index contributed by atoms with van der Waals surface area (Å²) >= 11 is 16.9. The third-order valence-corrected chi connectivity index (χ3v) is 5.04. The molecule has 0 saturated carbocycles. The van der Waals surface area contributed by atoms with Gasteiger partial charge in [0.25, 0.3) is 0 Å². The van der Waals surface area contributed by atoms with Crippen LogP contribution in [0.2, 0.25) is 10.0 Å². The molecular formula is C13H11BrCl2N2O2S. The summed E-state index contributed by atoms with van der Waals surface area (Å²) in [5.74, 6) is -0.293. The predicted octanol–water partition coefficient (Wildman–Crippen LogP) is 5.06. The molecule has 21 heavy (non-hydrogen) atoms. The molecule has 0 aliphatic heterocycles. The van der Waals surface area contributed by atoms with E-state index in [0.717, 1.165) is 4.47 Å². The minimum absolute atomic E-state index is 0.154. The van der Waals surface area contributed by atoms with Crippen molar-refractivity contribution in [1.82, 2.24) is 4.98 Å². The van der Waals surface area contributed by atoms with E-state index in [9.17, 15) is 4.79 Å². The molecule has 0 saturated heterocycles. The number of nitrogens with zero attached hydrogens (tertiary/aromatic N) is 1. The molecule has 2 aromatic rings. The van der Waals surface area contributed by atoms with Crippen LogP contribution in [0, 0.1) is 0 Å². The maximum absolute atomic E-state index is 11.4. The molecule has 4 nitrogen and oxygen atoms in total. The number of thiazole rings is 1. The van der Waals surface area contributed by atoms with E-state index >= 15 is 0 Å². The Kier molecular flexibility index (Phi) is 5.87. The lowest BCUT2D eigenvalue weighted by Gasteiger charge is -2.07. The minimum atomic E-state index is -0.293. The first-order chi connectivity index (χ1) is 10.0. The molecule has 0 amide bonds. The van der Waals surface area contributed by atoms with E-state index in [-0.39, 0.29) is 12.4 Å². The first-order valence-electron chi connectivity index (χ1n) is 6.01. The Hall–Kier alpha value is -0.820. The van der Waals surface area contributed by atoms with Crippen molar-refractivity contribution in [3.63, 3.8) is 0 Å². The number of carbonyl (C=O) groups excluding carboxylic acids is 1. The predicted molar refractivity (Wildman–Crippen MR) is 89.9 cm³/mol. The van der Waals surface area contributed by atoms with E-state index in [1.165, 1.54) is 11.3 Å². The number of anilines is 2. The Morgan fingerprint density at radius 1 is 1.43 bits per heavy atom. The van der Waals surface area contributed by atoms with Gasteiger partial charge < -0.3 is 10.1 Å². The van der Waals surface area contributed by atoms with Crippen LogP contribution in [0.4, 0.5) is 10.8 Å². The van der Waals surface area contributed by atoms with Gasteiger partial charge in [-0.1, -0.05) is 23.2 Å². The summed E-state index contributed by atoms with van der Waals surface area (Å²) in [4.78, 5) is 15.7. The molecule has 0 bridgehead atoms. The van der Waals surface area contributed by atoms with Crippen LogP contribution >= 0.6 is 50.5 Å². The summed E-state index contributed by atoms with van der Waals surface area (Å²) in [5, 5.41) is 6.36.